The van der Waals surface area contributed by atoms with Crippen LogP contribution >= 0.6 is 0 Å². The number of carbonyl (C=O) groups is 1. The Kier molecular flexibility index (Phi) is 7.05. The highest BCUT2D eigenvalue weighted by Gasteiger charge is 2.17. The molecule has 0 unspecified atom stereocenters. The van der Waals surface area contributed by atoms with Gasteiger partial charge < -0.3 is 9.47 Å². The molecule has 0 saturated carbocycles. The van der Waals surface area contributed by atoms with Crippen LogP contribution in [-0.2, 0) is 0 Å². The molecule has 1 rings (SSSR count). The van der Waals surface area contributed by atoms with Gasteiger partial charge in [-0.1, -0.05) is 20.8 Å². The minimum atomic E-state index is -0.543. The molecular weight excluding hydrogens is 259 g/mol. The Morgan fingerprint density at radius 3 is 2.05 bits per heavy atom. The van der Waals surface area contributed by atoms with E-state index in [2.05, 4.69) is 0 Å². The summed E-state index contributed by atoms with van der Waals surface area (Å²) in [6.45, 7) is 6.85. The zero-order valence-corrected chi connectivity index (χ0v) is 12.5. The van der Waals surface area contributed by atoms with E-state index in [1.807, 2.05) is 20.8 Å². The topological polar surface area (TPSA) is 35.5 Å². The van der Waals surface area contributed by atoms with Gasteiger partial charge in [-0.3, -0.25) is 4.79 Å². The van der Waals surface area contributed by atoms with Crippen molar-refractivity contribution < 1.29 is 18.7 Å². The number of Topliss-reactive ketones (excluding diaryl/α,β-unsaturated/α-hetero) is 1. The van der Waals surface area contributed by atoms with Crippen molar-refractivity contribution in [3.63, 3.8) is 0 Å². The summed E-state index contributed by atoms with van der Waals surface area (Å²) in [5.74, 6) is 0.0683. The van der Waals surface area contributed by atoms with Gasteiger partial charge in [-0.2, -0.15) is 0 Å². The van der Waals surface area contributed by atoms with E-state index < -0.39 is 5.82 Å². The molecule has 3 nitrogen and oxygen atoms in total. The fourth-order valence-electron chi connectivity index (χ4n) is 1.76. The predicted molar refractivity (Wildman–Crippen MR) is 77.2 cm³/mol. The van der Waals surface area contributed by atoms with Crippen LogP contribution in [0.5, 0.6) is 11.5 Å². The van der Waals surface area contributed by atoms with E-state index in [0.717, 1.165) is 12.8 Å². The molecule has 1 aromatic carbocycles. The summed E-state index contributed by atoms with van der Waals surface area (Å²) in [6.07, 6.45) is 2.69. The first kappa shape index (κ1) is 16.5. The Morgan fingerprint density at radius 1 is 1.00 bits per heavy atom. The molecule has 0 aliphatic heterocycles. The van der Waals surface area contributed by atoms with Gasteiger partial charge in [-0.15, -0.1) is 0 Å². The normalized spacial score (nSPS) is 10.4. The second kappa shape index (κ2) is 8.56. The first-order valence-electron chi connectivity index (χ1n) is 7.26. The van der Waals surface area contributed by atoms with E-state index in [-0.39, 0.29) is 11.3 Å². The number of hydrogen-bond donors (Lipinski definition) is 0. The van der Waals surface area contributed by atoms with E-state index >= 15 is 0 Å². The third-order valence-electron chi connectivity index (χ3n) is 2.73. The molecular formula is C16H23FO3. The molecule has 112 valence electrons. The van der Waals surface area contributed by atoms with Crippen LogP contribution in [0, 0.1) is 5.82 Å². The fraction of sp³-hybridized carbons (Fsp3) is 0.562. The van der Waals surface area contributed by atoms with Crippen LogP contribution in [0.15, 0.2) is 12.1 Å². The van der Waals surface area contributed by atoms with Gasteiger partial charge in [0.25, 0.3) is 0 Å². The van der Waals surface area contributed by atoms with E-state index in [0.29, 0.717) is 37.6 Å². The lowest BCUT2D eigenvalue weighted by Crippen LogP contribution is -2.07. The molecule has 20 heavy (non-hydrogen) atoms. The quantitative estimate of drug-likeness (QED) is 0.630. The highest BCUT2D eigenvalue weighted by atomic mass is 19.1. The van der Waals surface area contributed by atoms with Crippen molar-refractivity contribution >= 4 is 5.78 Å². The molecule has 0 spiro atoms. The summed E-state index contributed by atoms with van der Waals surface area (Å²) in [4.78, 5) is 11.9. The molecule has 0 atom stereocenters. The number of ketones is 1. The van der Waals surface area contributed by atoms with Crippen molar-refractivity contribution in [1.29, 1.82) is 0 Å². The maximum absolute atomic E-state index is 14.0. The number of carbonyl (C=O) groups excluding carboxylic acids is 1. The first-order chi connectivity index (χ1) is 9.63. The second-order valence-electron chi connectivity index (χ2n) is 4.65. The predicted octanol–water partition coefficient (Wildman–Crippen LogP) is 4.39. The van der Waals surface area contributed by atoms with Crippen LogP contribution in [0.3, 0.4) is 0 Å². The Balaban J connectivity index is 3.06. The average Bonchev–Trinajstić information content (AvgIpc) is 2.44. The van der Waals surface area contributed by atoms with Crippen molar-refractivity contribution in [3.05, 3.63) is 23.5 Å². The molecule has 4 heteroatoms. The molecule has 0 heterocycles. The number of rotatable bonds is 9. The molecule has 0 saturated heterocycles. The van der Waals surface area contributed by atoms with Crippen molar-refractivity contribution in [2.45, 2.75) is 46.5 Å². The van der Waals surface area contributed by atoms with Gasteiger partial charge in [0.15, 0.2) is 17.3 Å². The van der Waals surface area contributed by atoms with Crippen molar-refractivity contribution in [2.75, 3.05) is 13.2 Å². The standard InChI is InChI=1S/C16H23FO3/c1-4-7-14(18)12-10-15(19-8-5-2)16(11-13(12)17)20-9-6-3/h10-11H,4-9H2,1-3H3. The second-order valence-corrected chi connectivity index (χ2v) is 4.65. The number of benzene rings is 1. The molecule has 0 aliphatic rings. The summed E-state index contributed by atoms with van der Waals surface area (Å²) in [5.41, 5.74) is 0.0850. The van der Waals surface area contributed by atoms with E-state index in [9.17, 15) is 9.18 Å². The Morgan fingerprint density at radius 2 is 1.55 bits per heavy atom. The third-order valence-corrected chi connectivity index (χ3v) is 2.73. The van der Waals surface area contributed by atoms with Gasteiger partial charge in [-0.05, 0) is 25.3 Å². The summed E-state index contributed by atoms with van der Waals surface area (Å²) >= 11 is 0. The summed E-state index contributed by atoms with van der Waals surface area (Å²) in [6, 6.07) is 2.72. The zero-order valence-electron chi connectivity index (χ0n) is 12.5. The van der Waals surface area contributed by atoms with Crippen LogP contribution < -0.4 is 9.47 Å². The summed E-state index contributed by atoms with van der Waals surface area (Å²) in [5, 5.41) is 0. The molecule has 0 bridgehead atoms. The maximum Gasteiger partial charge on any atom is 0.165 e. The fourth-order valence-corrected chi connectivity index (χ4v) is 1.76. The van der Waals surface area contributed by atoms with Gasteiger partial charge in [0, 0.05) is 12.5 Å². The van der Waals surface area contributed by atoms with Gasteiger partial charge in [-0.25, -0.2) is 4.39 Å². The Hall–Kier alpha value is -1.58. The monoisotopic (exact) mass is 282 g/mol. The molecule has 0 radical (unpaired) electrons. The van der Waals surface area contributed by atoms with Crippen molar-refractivity contribution in [2.24, 2.45) is 0 Å². The summed E-state index contributed by atoms with van der Waals surface area (Å²) in [7, 11) is 0. The largest absolute Gasteiger partial charge is 0.490 e. The van der Waals surface area contributed by atoms with Gasteiger partial charge >= 0.3 is 0 Å². The van der Waals surface area contributed by atoms with Crippen molar-refractivity contribution in [3.8, 4) is 11.5 Å². The van der Waals surface area contributed by atoms with E-state index in [1.165, 1.54) is 12.1 Å². The Labute approximate surface area is 120 Å². The minimum Gasteiger partial charge on any atom is -0.490 e. The lowest BCUT2D eigenvalue weighted by atomic mass is 10.1. The van der Waals surface area contributed by atoms with Crippen molar-refractivity contribution in [1.82, 2.24) is 0 Å². The highest BCUT2D eigenvalue weighted by Crippen LogP contribution is 2.31. The molecule has 0 aliphatic carbocycles. The van der Waals surface area contributed by atoms with Crippen LogP contribution in [0.2, 0.25) is 0 Å². The molecule has 0 fully saturated rings. The SMILES string of the molecule is CCCOc1cc(F)c(C(=O)CCC)cc1OCCC. The van der Waals surface area contributed by atoms with Crippen LogP contribution in [0.1, 0.15) is 56.8 Å². The first-order valence-corrected chi connectivity index (χ1v) is 7.26. The number of ether oxygens (including phenoxy) is 2. The highest BCUT2D eigenvalue weighted by molar-refractivity contribution is 5.96. The van der Waals surface area contributed by atoms with E-state index in [1.54, 1.807) is 0 Å². The van der Waals surface area contributed by atoms with E-state index in [4.69, 9.17) is 9.47 Å². The third kappa shape index (κ3) is 4.51. The zero-order chi connectivity index (χ0) is 15.0. The summed E-state index contributed by atoms with van der Waals surface area (Å²) < 4.78 is 25.0. The van der Waals surface area contributed by atoms with Gasteiger partial charge in [0.1, 0.15) is 5.82 Å². The average molecular weight is 282 g/mol. The molecule has 0 aromatic heterocycles. The lowest BCUT2D eigenvalue weighted by Gasteiger charge is -2.14. The van der Waals surface area contributed by atoms with Crippen LogP contribution in [0.25, 0.3) is 0 Å². The Bertz CT molecular complexity index is 444. The maximum atomic E-state index is 14.0. The molecule has 1 aromatic rings. The lowest BCUT2D eigenvalue weighted by molar-refractivity contribution is 0.0977. The van der Waals surface area contributed by atoms with Gasteiger partial charge in [0.05, 0.1) is 18.8 Å². The smallest absolute Gasteiger partial charge is 0.165 e. The molecule has 0 N–H and O–H groups in total. The van der Waals surface area contributed by atoms with Gasteiger partial charge in [0.2, 0.25) is 0 Å². The van der Waals surface area contributed by atoms with Crippen LogP contribution in [0.4, 0.5) is 4.39 Å². The molecule has 0 amide bonds. The number of hydrogen-bond acceptors (Lipinski definition) is 3. The number of halogens is 1. The van der Waals surface area contributed by atoms with Crippen LogP contribution in [-0.4, -0.2) is 19.0 Å². The minimum absolute atomic E-state index is 0.0850.